The van der Waals surface area contributed by atoms with Gasteiger partial charge in [-0.25, -0.2) is 9.78 Å². The Kier molecular flexibility index (Phi) is 5.80. The molecular formula is C12H21N3O3. The molecule has 0 saturated heterocycles. The molecule has 1 rings (SSSR count). The van der Waals surface area contributed by atoms with E-state index in [1.807, 2.05) is 10.8 Å². The highest BCUT2D eigenvalue weighted by molar-refractivity contribution is 5.72. The third-order valence-electron chi connectivity index (χ3n) is 2.57. The molecule has 0 aliphatic carbocycles. The molecule has 0 spiro atoms. The van der Waals surface area contributed by atoms with E-state index in [2.05, 4.69) is 11.9 Å². The zero-order valence-corrected chi connectivity index (χ0v) is 10.9. The van der Waals surface area contributed by atoms with Crippen LogP contribution in [0.4, 0.5) is 0 Å². The van der Waals surface area contributed by atoms with Gasteiger partial charge < -0.3 is 20.1 Å². The molecule has 1 aromatic rings. The summed E-state index contributed by atoms with van der Waals surface area (Å²) >= 11 is 0. The standard InChI is InChI=1S/C12H21N3O3/c1-3-4-15-7-10(14-8-15)5-11(12(16)17)18-9(2)6-13/h7-9,11H,3-6,13H2,1-2H3,(H,16,17)/t9-,11+/m1/s1. The highest BCUT2D eigenvalue weighted by Crippen LogP contribution is 2.07. The van der Waals surface area contributed by atoms with Crippen LogP contribution in [0.2, 0.25) is 0 Å². The fourth-order valence-electron chi connectivity index (χ4n) is 1.61. The first-order valence-corrected chi connectivity index (χ1v) is 6.15. The maximum atomic E-state index is 11.1. The number of carbonyl (C=O) groups is 1. The summed E-state index contributed by atoms with van der Waals surface area (Å²) in [6.45, 7) is 5.01. The summed E-state index contributed by atoms with van der Waals surface area (Å²) in [7, 11) is 0. The van der Waals surface area contributed by atoms with Crippen molar-refractivity contribution in [2.75, 3.05) is 6.54 Å². The minimum absolute atomic E-state index is 0.260. The molecule has 0 unspecified atom stereocenters. The van der Waals surface area contributed by atoms with E-state index in [9.17, 15) is 4.79 Å². The topological polar surface area (TPSA) is 90.4 Å². The number of carboxylic acids is 1. The van der Waals surface area contributed by atoms with Gasteiger partial charge in [0.1, 0.15) is 0 Å². The number of rotatable bonds is 8. The molecule has 0 saturated carbocycles. The second-order valence-electron chi connectivity index (χ2n) is 4.32. The highest BCUT2D eigenvalue weighted by atomic mass is 16.5. The molecule has 0 aliphatic rings. The van der Waals surface area contributed by atoms with Crippen LogP contribution in [0, 0.1) is 0 Å². The smallest absolute Gasteiger partial charge is 0.333 e. The Morgan fingerprint density at radius 3 is 2.94 bits per heavy atom. The molecule has 2 atom stereocenters. The van der Waals surface area contributed by atoms with E-state index in [0.29, 0.717) is 6.54 Å². The van der Waals surface area contributed by atoms with Crippen molar-refractivity contribution in [2.45, 2.75) is 45.4 Å². The molecule has 18 heavy (non-hydrogen) atoms. The number of nitrogens with zero attached hydrogens (tertiary/aromatic N) is 2. The quantitative estimate of drug-likeness (QED) is 0.712. The minimum Gasteiger partial charge on any atom is -0.479 e. The summed E-state index contributed by atoms with van der Waals surface area (Å²) < 4.78 is 7.31. The Morgan fingerprint density at radius 2 is 2.39 bits per heavy atom. The Bertz CT molecular complexity index is 378. The predicted octanol–water partition coefficient (Wildman–Crippen LogP) is 0.653. The van der Waals surface area contributed by atoms with Crippen LogP contribution in [0.15, 0.2) is 12.5 Å². The zero-order chi connectivity index (χ0) is 13.5. The molecule has 102 valence electrons. The van der Waals surface area contributed by atoms with Gasteiger partial charge in [-0.3, -0.25) is 0 Å². The van der Waals surface area contributed by atoms with Crippen LogP contribution in [0.25, 0.3) is 0 Å². The average molecular weight is 255 g/mol. The number of ether oxygens (including phenoxy) is 1. The Labute approximate surface area is 107 Å². The molecule has 3 N–H and O–H groups in total. The van der Waals surface area contributed by atoms with Gasteiger partial charge in [-0.15, -0.1) is 0 Å². The van der Waals surface area contributed by atoms with E-state index in [-0.39, 0.29) is 12.5 Å². The summed E-state index contributed by atoms with van der Waals surface area (Å²) in [4.78, 5) is 15.3. The molecule has 0 aliphatic heterocycles. The SMILES string of the molecule is CCCn1cnc(C[C@H](O[C@H](C)CN)C(=O)O)c1. The molecule has 1 aromatic heterocycles. The van der Waals surface area contributed by atoms with Crippen molar-refractivity contribution in [1.29, 1.82) is 0 Å². The minimum atomic E-state index is -0.986. The van der Waals surface area contributed by atoms with Crippen molar-refractivity contribution in [3.8, 4) is 0 Å². The van der Waals surface area contributed by atoms with Crippen LogP contribution in [-0.2, 0) is 22.5 Å². The highest BCUT2D eigenvalue weighted by Gasteiger charge is 2.22. The summed E-state index contributed by atoms with van der Waals surface area (Å²) in [5.74, 6) is -0.986. The van der Waals surface area contributed by atoms with E-state index in [0.717, 1.165) is 18.7 Å². The molecule has 0 amide bonds. The predicted molar refractivity (Wildman–Crippen MR) is 67.2 cm³/mol. The lowest BCUT2D eigenvalue weighted by atomic mass is 10.2. The Morgan fingerprint density at radius 1 is 1.67 bits per heavy atom. The molecule has 6 nitrogen and oxygen atoms in total. The fraction of sp³-hybridized carbons (Fsp3) is 0.667. The number of hydrogen-bond donors (Lipinski definition) is 2. The van der Waals surface area contributed by atoms with Gasteiger partial charge in [-0.2, -0.15) is 0 Å². The lowest BCUT2D eigenvalue weighted by molar-refractivity contribution is -0.153. The number of imidazole rings is 1. The van der Waals surface area contributed by atoms with Crippen LogP contribution in [-0.4, -0.2) is 39.4 Å². The number of aromatic nitrogens is 2. The van der Waals surface area contributed by atoms with Crippen molar-refractivity contribution in [3.05, 3.63) is 18.2 Å². The van der Waals surface area contributed by atoms with Crippen LogP contribution in [0.3, 0.4) is 0 Å². The number of aliphatic carboxylic acids is 1. The maximum absolute atomic E-state index is 11.1. The van der Waals surface area contributed by atoms with Gasteiger partial charge in [0.2, 0.25) is 0 Å². The number of carboxylic acid groups (broad SMARTS) is 1. The van der Waals surface area contributed by atoms with E-state index in [1.165, 1.54) is 0 Å². The first kappa shape index (κ1) is 14.7. The van der Waals surface area contributed by atoms with Gasteiger partial charge >= 0.3 is 5.97 Å². The van der Waals surface area contributed by atoms with E-state index in [1.54, 1.807) is 13.3 Å². The van der Waals surface area contributed by atoms with Crippen molar-refractivity contribution in [1.82, 2.24) is 9.55 Å². The Hall–Kier alpha value is -1.40. The number of aryl methyl sites for hydroxylation is 1. The lowest BCUT2D eigenvalue weighted by Gasteiger charge is -2.17. The van der Waals surface area contributed by atoms with Crippen LogP contribution in [0.1, 0.15) is 26.0 Å². The molecular weight excluding hydrogens is 234 g/mol. The maximum Gasteiger partial charge on any atom is 0.333 e. The number of nitrogens with two attached hydrogens (primary N) is 1. The number of hydrogen-bond acceptors (Lipinski definition) is 4. The molecule has 0 bridgehead atoms. The molecule has 0 fully saturated rings. The van der Waals surface area contributed by atoms with Gasteiger partial charge in [0, 0.05) is 25.7 Å². The lowest BCUT2D eigenvalue weighted by Crippen LogP contribution is -2.33. The van der Waals surface area contributed by atoms with E-state index < -0.39 is 12.1 Å². The Balaban J connectivity index is 2.61. The molecule has 0 radical (unpaired) electrons. The fourth-order valence-corrected chi connectivity index (χ4v) is 1.61. The van der Waals surface area contributed by atoms with Gasteiger partial charge in [0.15, 0.2) is 6.10 Å². The molecule has 0 aromatic carbocycles. The van der Waals surface area contributed by atoms with Crippen LogP contribution in [0.5, 0.6) is 0 Å². The van der Waals surface area contributed by atoms with E-state index >= 15 is 0 Å². The third kappa shape index (κ3) is 4.46. The first-order chi connectivity index (χ1) is 8.56. The normalized spacial score (nSPS) is 14.4. The summed E-state index contributed by atoms with van der Waals surface area (Å²) in [6, 6.07) is 0. The summed E-state index contributed by atoms with van der Waals surface area (Å²) in [5, 5.41) is 9.09. The zero-order valence-electron chi connectivity index (χ0n) is 10.9. The van der Waals surface area contributed by atoms with E-state index in [4.69, 9.17) is 15.6 Å². The second kappa shape index (κ2) is 7.13. The average Bonchev–Trinajstić information content (AvgIpc) is 2.76. The first-order valence-electron chi connectivity index (χ1n) is 6.15. The van der Waals surface area contributed by atoms with Crippen LogP contribution < -0.4 is 5.73 Å². The second-order valence-corrected chi connectivity index (χ2v) is 4.32. The molecule has 6 heteroatoms. The largest absolute Gasteiger partial charge is 0.479 e. The molecule has 1 heterocycles. The van der Waals surface area contributed by atoms with Crippen molar-refractivity contribution < 1.29 is 14.6 Å². The van der Waals surface area contributed by atoms with Crippen molar-refractivity contribution in [3.63, 3.8) is 0 Å². The summed E-state index contributed by atoms with van der Waals surface area (Å²) in [5.41, 5.74) is 6.14. The third-order valence-corrected chi connectivity index (χ3v) is 2.57. The van der Waals surface area contributed by atoms with Gasteiger partial charge in [-0.05, 0) is 13.3 Å². The van der Waals surface area contributed by atoms with Crippen molar-refractivity contribution >= 4 is 5.97 Å². The van der Waals surface area contributed by atoms with Gasteiger partial charge in [0.05, 0.1) is 18.1 Å². The van der Waals surface area contributed by atoms with Gasteiger partial charge in [0.25, 0.3) is 0 Å². The summed E-state index contributed by atoms with van der Waals surface area (Å²) in [6.07, 6.45) is 3.67. The van der Waals surface area contributed by atoms with Crippen LogP contribution >= 0.6 is 0 Å². The monoisotopic (exact) mass is 255 g/mol. The van der Waals surface area contributed by atoms with Crippen molar-refractivity contribution in [2.24, 2.45) is 5.73 Å². The van der Waals surface area contributed by atoms with Gasteiger partial charge in [-0.1, -0.05) is 6.92 Å².